The van der Waals surface area contributed by atoms with E-state index in [-0.39, 0.29) is 22.9 Å². The second kappa shape index (κ2) is 9.80. The van der Waals surface area contributed by atoms with Crippen molar-refractivity contribution in [2.75, 3.05) is 20.6 Å². The minimum absolute atomic E-state index is 0.112. The van der Waals surface area contributed by atoms with Gasteiger partial charge in [-0.15, -0.1) is 0 Å². The van der Waals surface area contributed by atoms with Gasteiger partial charge in [0.2, 0.25) is 10.0 Å². The SMILES string of the molecule is Cc1ccccc1Cn1cnc2c(cnn2CCNC(=O)c2ccc(S(=O)(=O)N(C)C)cc2)c1=O. The Hall–Kier alpha value is -3.83. The van der Waals surface area contributed by atoms with Crippen LogP contribution in [0.2, 0.25) is 0 Å². The summed E-state index contributed by atoms with van der Waals surface area (Å²) in [6, 6.07) is 13.6. The lowest BCUT2D eigenvalue weighted by molar-refractivity contribution is 0.0952. The highest BCUT2D eigenvalue weighted by atomic mass is 32.2. The lowest BCUT2D eigenvalue weighted by Gasteiger charge is -2.12. The van der Waals surface area contributed by atoms with Gasteiger partial charge in [-0.1, -0.05) is 24.3 Å². The third-order valence-corrected chi connectivity index (χ3v) is 7.56. The molecule has 4 rings (SSSR count). The van der Waals surface area contributed by atoms with E-state index in [1.165, 1.54) is 50.9 Å². The highest BCUT2D eigenvalue weighted by Gasteiger charge is 2.17. The van der Waals surface area contributed by atoms with Crippen LogP contribution in [0.15, 0.2) is 70.7 Å². The fourth-order valence-electron chi connectivity index (χ4n) is 3.61. The maximum absolute atomic E-state index is 12.9. The molecule has 2 aromatic heterocycles. The summed E-state index contributed by atoms with van der Waals surface area (Å²) in [4.78, 5) is 29.9. The van der Waals surface area contributed by atoms with Crippen LogP contribution in [0.5, 0.6) is 0 Å². The van der Waals surface area contributed by atoms with Crippen molar-refractivity contribution >= 4 is 27.0 Å². The minimum atomic E-state index is -3.56. The summed E-state index contributed by atoms with van der Waals surface area (Å²) in [7, 11) is -0.662. The molecule has 1 N–H and O–H groups in total. The number of carbonyl (C=O) groups is 1. The summed E-state index contributed by atoms with van der Waals surface area (Å²) in [5.74, 6) is -0.344. The molecule has 0 aliphatic rings. The highest BCUT2D eigenvalue weighted by Crippen LogP contribution is 2.14. The molecule has 0 atom stereocenters. The number of benzene rings is 2. The smallest absolute Gasteiger partial charge is 0.264 e. The number of aromatic nitrogens is 4. The molecular weight excluding hydrogens is 468 g/mol. The van der Waals surface area contributed by atoms with Crippen LogP contribution in [-0.2, 0) is 23.1 Å². The van der Waals surface area contributed by atoms with Gasteiger partial charge in [0.1, 0.15) is 11.7 Å². The van der Waals surface area contributed by atoms with E-state index in [0.29, 0.717) is 29.7 Å². The summed E-state index contributed by atoms with van der Waals surface area (Å²) in [6.45, 7) is 2.99. The van der Waals surface area contributed by atoms with Gasteiger partial charge >= 0.3 is 0 Å². The largest absolute Gasteiger partial charge is 0.350 e. The van der Waals surface area contributed by atoms with E-state index < -0.39 is 10.0 Å². The number of amides is 1. The first-order valence-corrected chi connectivity index (χ1v) is 12.4. The molecule has 35 heavy (non-hydrogen) atoms. The molecule has 11 heteroatoms. The molecule has 10 nitrogen and oxygen atoms in total. The molecule has 0 aliphatic carbocycles. The Balaban J connectivity index is 1.42. The second-order valence-corrected chi connectivity index (χ2v) is 10.4. The highest BCUT2D eigenvalue weighted by molar-refractivity contribution is 7.89. The van der Waals surface area contributed by atoms with Gasteiger partial charge in [-0.05, 0) is 42.3 Å². The van der Waals surface area contributed by atoms with Crippen LogP contribution < -0.4 is 10.9 Å². The van der Waals surface area contributed by atoms with Crippen LogP contribution in [0.4, 0.5) is 0 Å². The molecule has 0 spiro atoms. The van der Waals surface area contributed by atoms with E-state index >= 15 is 0 Å². The second-order valence-electron chi connectivity index (χ2n) is 8.28. The van der Waals surface area contributed by atoms with Gasteiger partial charge < -0.3 is 5.32 Å². The molecule has 0 radical (unpaired) electrons. The summed E-state index contributed by atoms with van der Waals surface area (Å²) in [5.41, 5.74) is 2.74. The van der Waals surface area contributed by atoms with Gasteiger partial charge in [0.25, 0.3) is 11.5 Å². The van der Waals surface area contributed by atoms with Gasteiger partial charge in [-0.2, -0.15) is 5.10 Å². The molecule has 4 aromatic rings. The molecule has 0 bridgehead atoms. The molecule has 0 aliphatic heterocycles. The number of nitrogens with zero attached hydrogens (tertiary/aromatic N) is 5. The molecular formula is C24H26N6O4S. The molecule has 0 fully saturated rings. The molecule has 2 heterocycles. The average Bonchev–Trinajstić information content (AvgIpc) is 3.25. The number of fused-ring (bicyclic) bond motifs is 1. The van der Waals surface area contributed by atoms with Crippen molar-refractivity contribution in [3.8, 4) is 0 Å². The summed E-state index contributed by atoms with van der Waals surface area (Å²) in [5, 5.41) is 7.45. The Kier molecular flexibility index (Phi) is 6.81. The lowest BCUT2D eigenvalue weighted by Crippen LogP contribution is -2.28. The zero-order valence-corrected chi connectivity index (χ0v) is 20.5. The van der Waals surface area contributed by atoms with E-state index in [4.69, 9.17) is 0 Å². The van der Waals surface area contributed by atoms with Crippen molar-refractivity contribution in [3.05, 3.63) is 88.1 Å². The zero-order valence-electron chi connectivity index (χ0n) is 19.7. The van der Waals surface area contributed by atoms with E-state index in [0.717, 1.165) is 15.4 Å². The first-order valence-electron chi connectivity index (χ1n) is 10.9. The number of aryl methyl sites for hydroxylation is 1. The van der Waals surface area contributed by atoms with Gasteiger partial charge in [-0.25, -0.2) is 22.4 Å². The van der Waals surface area contributed by atoms with Crippen LogP contribution >= 0.6 is 0 Å². The molecule has 0 saturated heterocycles. The normalized spacial score (nSPS) is 11.8. The van der Waals surface area contributed by atoms with Crippen LogP contribution in [0.3, 0.4) is 0 Å². The predicted octanol–water partition coefficient (Wildman–Crippen LogP) is 1.63. The van der Waals surface area contributed by atoms with Crippen molar-refractivity contribution in [2.24, 2.45) is 0 Å². The molecule has 0 unspecified atom stereocenters. The maximum atomic E-state index is 12.9. The number of hydrogen-bond acceptors (Lipinski definition) is 6. The van der Waals surface area contributed by atoms with Crippen molar-refractivity contribution in [2.45, 2.75) is 24.9 Å². The monoisotopic (exact) mass is 494 g/mol. The Bertz CT molecular complexity index is 1540. The topological polar surface area (TPSA) is 119 Å². The number of nitrogens with one attached hydrogen (secondary N) is 1. The molecule has 0 saturated carbocycles. The first-order chi connectivity index (χ1) is 16.7. The summed E-state index contributed by atoms with van der Waals surface area (Å²) >= 11 is 0. The van der Waals surface area contributed by atoms with Crippen molar-refractivity contribution < 1.29 is 13.2 Å². The van der Waals surface area contributed by atoms with Gasteiger partial charge in [0.15, 0.2) is 5.65 Å². The number of hydrogen-bond donors (Lipinski definition) is 1. The van der Waals surface area contributed by atoms with Crippen LogP contribution in [0.25, 0.3) is 11.0 Å². The maximum Gasteiger partial charge on any atom is 0.264 e. The number of rotatable bonds is 8. The van der Waals surface area contributed by atoms with Gasteiger partial charge in [0, 0.05) is 26.2 Å². The van der Waals surface area contributed by atoms with Crippen molar-refractivity contribution in [1.29, 1.82) is 0 Å². The third-order valence-electron chi connectivity index (χ3n) is 5.73. The zero-order chi connectivity index (χ0) is 25.2. The minimum Gasteiger partial charge on any atom is -0.350 e. The molecule has 182 valence electrons. The van der Waals surface area contributed by atoms with E-state index in [2.05, 4.69) is 15.4 Å². The quantitative estimate of drug-likeness (QED) is 0.398. The van der Waals surface area contributed by atoms with Crippen LogP contribution in [0, 0.1) is 6.92 Å². The third kappa shape index (κ3) is 5.00. The van der Waals surface area contributed by atoms with Crippen molar-refractivity contribution in [1.82, 2.24) is 29.0 Å². The van der Waals surface area contributed by atoms with E-state index in [1.807, 2.05) is 31.2 Å². The Morgan fingerprint density at radius 3 is 2.49 bits per heavy atom. The standard InChI is InChI=1S/C24H26N6O4S/c1-17-6-4-5-7-19(17)15-29-16-26-22-21(24(29)32)14-27-30(22)13-12-25-23(31)18-8-10-20(11-9-18)35(33,34)28(2)3/h4-11,14,16H,12-13,15H2,1-3H3,(H,25,31). The van der Waals surface area contributed by atoms with E-state index in [9.17, 15) is 18.0 Å². The summed E-state index contributed by atoms with van der Waals surface area (Å²) in [6.07, 6.45) is 3.00. The Morgan fingerprint density at radius 1 is 1.09 bits per heavy atom. The first kappa shape index (κ1) is 24.3. The molecule has 1 amide bonds. The number of carbonyl (C=O) groups excluding carboxylic acids is 1. The van der Waals surface area contributed by atoms with E-state index in [1.54, 1.807) is 9.25 Å². The molecule has 2 aromatic carbocycles. The van der Waals surface area contributed by atoms with Crippen molar-refractivity contribution in [3.63, 3.8) is 0 Å². The number of sulfonamides is 1. The fraction of sp³-hybridized carbons (Fsp3) is 0.250. The predicted molar refractivity (Wildman–Crippen MR) is 132 cm³/mol. The average molecular weight is 495 g/mol. The van der Waals surface area contributed by atoms with Gasteiger partial charge in [0.05, 0.1) is 24.2 Å². The fourth-order valence-corrected chi connectivity index (χ4v) is 4.51. The Morgan fingerprint density at radius 2 is 1.80 bits per heavy atom. The van der Waals surface area contributed by atoms with Crippen LogP contribution in [-0.4, -0.2) is 58.6 Å². The Labute approximate surface area is 202 Å². The summed E-state index contributed by atoms with van der Waals surface area (Å²) < 4.78 is 28.6. The van der Waals surface area contributed by atoms with Gasteiger partial charge in [-0.3, -0.25) is 14.2 Å². The lowest BCUT2D eigenvalue weighted by atomic mass is 10.1. The van der Waals surface area contributed by atoms with Crippen LogP contribution in [0.1, 0.15) is 21.5 Å².